The Morgan fingerprint density at radius 2 is 2.00 bits per heavy atom. The van der Waals surface area contributed by atoms with Crippen molar-refractivity contribution in [2.45, 2.75) is 0 Å². The van der Waals surface area contributed by atoms with E-state index in [-0.39, 0.29) is 0 Å². The van der Waals surface area contributed by atoms with Crippen LogP contribution >= 0.6 is 27.5 Å². The number of nitrogens with one attached hydrogen (secondary N) is 2. The number of hydrogen-bond acceptors (Lipinski definition) is 3. The van der Waals surface area contributed by atoms with Crippen molar-refractivity contribution < 1.29 is 9.59 Å². The third kappa shape index (κ3) is 3.68. The second-order valence-electron chi connectivity index (χ2n) is 4.12. The van der Waals surface area contributed by atoms with Gasteiger partial charge in [-0.2, -0.15) is 0 Å². The van der Waals surface area contributed by atoms with Crippen LogP contribution in [0.5, 0.6) is 0 Å². The molecule has 2 N–H and O–H groups in total. The molecule has 1 fully saturated rings. The predicted molar refractivity (Wildman–Crippen MR) is 77.2 cm³/mol. The van der Waals surface area contributed by atoms with Gasteiger partial charge < -0.3 is 15.5 Å². The summed E-state index contributed by atoms with van der Waals surface area (Å²) < 4.78 is 0.809. The third-order valence-electron chi connectivity index (χ3n) is 2.78. The highest BCUT2D eigenvalue weighted by molar-refractivity contribution is 9.10. The van der Waals surface area contributed by atoms with Crippen molar-refractivity contribution in [3.63, 3.8) is 0 Å². The Kier molecular flexibility index (Phi) is 4.79. The van der Waals surface area contributed by atoms with Crippen molar-refractivity contribution in [1.29, 1.82) is 0 Å². The van der Waals surface area contributed by atoms with Gasteiger partial charge in [-0.3, -0.25) is 9.59 Å². The van der Waals surface area contributed by atoms with Crippen LogP contribution in [0.4, 0.5) is 5.69 Å². The first kappa shape index (κ1) is 14.3. The van der Waals surface area contributed by atoms with Crippen LogP contribution in [-0.2, 0) is 9.59 Å². The minimum Gasteiger partial charge on any atom is -0.332 e. The van der Waals surface area contributed by atoms with Gasteiger partial charge in [0.05, 0.1) is 10.7 Å². The van der Waals surface area contributed by atoms with Crippen molar-refractivity contribution >= 4 is 45.0 Å². The van der Waals surface area contributed by atoms with Crippen LogP contribution in [0, 0.1) is 0 Å². The van der Waals surface area contributed by atoms with E-state index in [2.05, 4.69) is 26.6 Å². The van der Waals surface area contributed by atoms with E-state index in [4.69, 9.17) is 11.6 Å². The Balaban J connectivity index is 2.01. The van der Waals surface area contributed by atoms with E-state index in [1.807, 2.05) is 0 Å². The van der Waals surface area contributed by atoms with E-state index >= 15 is 0 Å². The van der Waals surface area contributed by atoms with Crippen molar-refractivity contribution in [3.8, 4) is 0 Å². The average molecular weight is 347 g/mol. The Hall–Kier alpha value is -1.11. The molecule has 1 aliphatic heterocycles. The van der Waals surface area contributed by atoms with Crippen LogP contribution in [0.3, 0.4) is 0 Å². The Bertz CT molecular complexity index is 504. The number of anilines is 1. The summed E-state index contributed by atoms with van der Waals surface area (Å²) >= 11 is 9.26. The number of halogens is 2. The number of benzene rings is 1. The molecule has 2 amide bonds. The molecule has 0 radical (unpaired) electrons. The van der Waals surface area contributed by atoms with Crippen LogP contribution in [0.25, 0.3) is 0 Å². The van der Waals surface area contributed by atoms with E-state index in [1.165, 1.54) is 4.90 Å². The molecule has 1 saturated heterocycles. The molecule has 1 aliphatic rings. The van der Waals surface area contributed by atoms with Gasteiger partial charge in [0.1, 0.15) is 0 Å². The molecule has 0 bridgehead atoms. The second-order valence-corrected chi connectivity index (χ2v) is 5.44. The normalized spacial score (nSPS) is 15.2. The fourth-order valence-corrected chi connectivity index (χ4v) is 2.50. The number of carbonyl (C=O) groups is 2. The minimum absolute atomic E-state index is 0.385. The van der Waals surface area contributed by atoms with Crippen LogP contribution in [0.2, 0.25) is 5.02 Å². The highest BCUT2D eigenvalue weighted by Gasteiger charge is 2.23. The van der Waals surface area contributed by atoms with Gasteiger partial charge in [-0.05, 0) is 18.2 Å². The van der Waals surface area contributed by atoms with Gasteiger partial charge in [0.25, 0.3) is 0 Å². The van der Waals surface area contributed by atoms with E-state index in [0.29, 0.717) is 36.9 Å². The predicted octanol–water partition coefficient (Wildman–Crippen LogP) is 1.47. The highest BCUT2D eigenvalue weighted by Crippen LogP contribution is 2.25. The highest BCUT2D eigenvalue weighted by atomic mass is 79.9. The first-order valence-corrected chi connectivity index (χ1v) is 7.01. The smallest absolute Gasteiger partial charge is 0.313 e. The summed E-state index contributed by atoms with van der Waals surface area (Å²) in [5.41, 5.74) is 0.429. The van der Waals surface area contributed by atoms with Crippen LogP contribution < -0.4 is 10.6 Å². The molecule has 0 aromatic heterocycles. The van der Waals surface area contributed by atoms with Crippen LogP contribution in [-0.4, -0.2) is 42.9 Å². The molecular formula is C12H13BrClN3O2. The van der Waals surface area contributed by atoms with Gasteiger partial charge >= 0.3 is 11.8 Å². The molecule has 7 heteroatoms. The van der Waals surface area contributed by atoms with Gasteiger partial charge in [0.15, 0.2) is 0 Å². The van der Waals surface area contributed by atoms with E-state index in [1.54, 1.807) is 18.2 Å². The molecule has 0 aliphatic carbocycles. The molecule has 1 aromatic carbocycles. The van der Waals surface area contributed by atoms with Gasteiger partial charge in [0, 0.05) is 30.7 Å². The molecule has 102 valence electrons. The van der Waals surface area contributed by atoms with E-state index in [9.17, 15) is 9.59 Å². The molecule has 0 saturated carbocycles. The van der Waals surface area contributed by atoms with Gasteiger partial charge in [-0.25, -0.2) is 0 Å². The third-order valence-corrected chi connectivity index (χ3v) is 3.58. The van der Waals surface area contributed by atoms with Crippen molar-refractivity contribution in [1.82, 2.24) is 10.2 Å². The first-order chi connectivity index (χ1) is 9.08. The first-order valence-electron chi connectivity index (χ1n) is 5.84. The summed E-state index contributed by atoms with van der Waals surface area (Å²) in [4.78, 5) is 25.3. The van der Waals surface area contributed by atoms with Crippen molar-refractivity contribution in [2.24, 2.45) is 0 Å². The molecule has 2 rings (SSSR count). The largest absolute Gasteiger partial charge is 0.332 e. The average Bonchev–Trinajstić information content (AvgIpc) is 2.42. The Labute approximate surface area is 124 Å². The van der Waals surface area contributed by atoms with E-state index in [0.717, 1.165) is 4.47 Å². The summed E-state index contributed by atoms with van der Waals surface area (Å²) in [7, 11) is 0. The molecule has 0 unspecified atom stereocenters. The topological polar surface area (TPSA) is 61.4 Å². The second kappa shape index (κ2) is 6.36. The summed E-state index contributed by atoms with van der Waals surface area (Å²) in [6.07, 6.45) is 0. The van der Waals surface area contributed by atoms with Crippen LogP contribution in [0.15, 0.2) is 22.7 Å². The number of hydrogen-bond donors (Lipinski definition) is 2. The molecule has 0 atom stereocenters. The summed E-state index contributed by atoms with van der Waals surface area (Å²) in [5.74, 6) is -1.19. The fourth-order valence-electron chi connectivity index (χ4n) is 1.78. The van der Waals surface area contributed by atoms with Gasteiger partial charge in [0.2, 0.25) is 0 Å². The maximum absolute atomic E-state index is 11.9. The monoisotopic (exact) mass is 345 g/mol. The standard InChI is InChI=1S/C12H13BrClN3O2/c13-8-1-2-10(9(14)7-8)16-11(18)12(19)17-5-3-15-4-6-17/h1-2,7,15H,3-6H2,(H,16,18). The Morgan fingerprint density at radius 3 is 2.63 bits per heavy atom. The van der Waals surface area contributed by atoms with E-state index < -0.39 is 11.8 Å². The number of rotatable bonds is 1. The lowest BCUT2D eigenvalue weighted by atomic mass is 10.3. The number of amides is 2. The lowest BCUT2D eigenvalue weighted by molar-refractivity contribution is -0.143. The molecular weight excluding hydrogens is 334 g/mol. The number of piperazine rings is 1. The number of nitrogens with zero attached hydrogens (tertiary/aromatic N) is 1. The molecule has 19 heavy (non-hydrogen) atoms. The molecule has 1 aromatic rings. The zero-order chi connectivity index (χ0) is 13.8. The zero-order valence-electron chi connectivity index (χ0n) is 10.1. The maximum Gasteiger partial charge on any atom is 0.313 e. The summed E-state index contributed by atoms with van der Waals surface area (Å²) in [6, 6.07) is 5.05. The maximum atomic E-state index is 11.9. The van der Waals surface area contributed by atoms with Crippen LogP contribution in [0.1, 0.15) is 0 Å². The molecule has 1 heterocycles. The zero-order valence-corrected chi connectivity index (χ0v) is 12.4. The molecule has 0 spiro atoms. The minimum atomic E-state index is -0.661. The quantitative estimate of drug-likeness (QED) is 0.757. The van der Waals surface area contributed by atoms with Gasteiger partial charge in [-0.15, -0.1) is 0 Å². The van der Waals surface area contributed by atoms with Crippen molar-refractivity contribution in [3.05, 3.63) is 27.7 Å². The van der Waals surface area contributed by atoms with Gasteiger partial charge in [-0.1, -0.05) is 27.5 Å². The molecule has 5 nitrogen and oxygen atoms in total. The lowest BCUT2D eigenvalue weighted by Gasteiger charge is -2.26. The number of carbonyl (C=O) groups excluding carboxylic acids is 2. The fraction of sp³-hybridized carbons (Fsp3) is 0.333. The SMILES string of the molecule is O=C(Nc1ccc(Br)cc1Cl)C(=O)N1CCNCC1. The Morgan fingerprint density at radius 1 is 1.32 bits per heavy atom. The van der Waals surface area contributed by atoms with Crippen molar-refractivity contribution in [2.75, 3.05) is 31.5 Å². The summed E-state index contributed by atoms with van der Waals surface area (Å²) in [5, 5.41) is 6.04. The summed E-state index contributed by atoms with van der Waals surface area (Å²) in [6.45, 7) is 2.50. The lowest BCUT2D eigenvalue weighted by Crippen LogP contribution is -2.49.